The summed E-state index contributed by atoms with van der Waals surface area (Å²) in [5.41, 5.74) is -1.49. The van der Waals surface area contributed by atoms with Crippen molar-refractivity contribution >= 4 is 23.5 Å². The number of carbonyl (C=O) groups excluding carboxylic acids is 1. The smallest absolute Gasteiger partial charge is 0.417 e. The number of carbonyl (C=O) groups is 1. The quantitative estimate of drug-likeness (QED) is 0.834. The summed E-state index contributed by atoms with van der Waals surface area (Å²) in [6.45, 7) is 6.31. The first-order valence-electron chi connectivity index (χ1n) is 7.93. The third-order valence-electron chi connectivity index (χ3n) is 3.59. The van der Waals surface area contributed by atoms with E-state index in [9.17, 15) is 18.0 Å². The number of pyridine rings is 1. The van der Waals surface area contributed by atoms with Crippen molar-refractivity contribution in [3.63, 3.8) is 0 Å². The number of alkyl halides is 3. The molecule has 2 rings (SSSR count). The van der Waals surface area contributed by atoms with Gasteiger partial charge in [-0.25, -0.2) is 9.78 Å². The van der Waals surface area contributed by atoms with E-state index in [0.717, 1.165) is 25.1 Å². The third-order valence-corrected chi connectivity index (χ3v) is 3.87. The van der Waals surface area contributed by atoms with Gasteiger partial charge in [-0.1, -0.05) is 11.6 Å². The second kappa shape index (κ2) is 7.27. The SMILES string of the molecule is CC(C)(C)OC(=O)NC1CCCN(c2ncc(C(F)(F)F)cc2Cl)C1. The van der Waals surface area contributed by atoms with E-state index >= 15 is 0 Å². The van der Waals surface area contributed by atoms with Crippen molar-refractivity contribution in [2.45, 2.75) is 51.4 Å². The average Bonchev–Trinajstić information content (AvgIpc) is 2.44. The third kappa shape index (κ3) is 5.66. The van der Waals surface area contributed by atoms with Crippen LogP contribution in [0.25, 0.3) is 0 Å². The topological polar surface area (TPSA) is 54.5 Å². The van der Waals surface area contributed by atoms with E-state index in [1.165, 1.54) is 0 Å². The van der Waals surface area contributed by atoms with Gasteiger partial charge in [-0.05, 0) is 39.7 Å². The first-order valence-corrected chi connectivity index (χ1v) is 8.31. The molecule has 140 valence electrons. The number of ether oxygens (including phenoxy) is 1. The maximum absolute atomic E-state index is 12.7. The van der Waals surface area contributed by atoms with Crippen molar-refractivity contribution in [2.75, 3.05) is 18.0 Å². The van der Waals surface area contributed by atoms with E-state index < -0.39 is 23.4 Å². The van der Waals surface area contributed by atoms with Crippen molar-refractivity contribution in [3.05, 3.63) is 22.8 Å². The first kappa shape index (κ1) is 19.6. The highest BCUT2D eigenvalue weighted by molar-refractivity contribution is 6.33. The molecule has 0 bridgehead atoms. The van der Waals surface area contributed by atoms with Crippen molar-refractivity contribution in [1.29, 1.82) is 0 Å². The number of rotatable bonds is 2. The summed E-state index contributed by atoms with van der Waals surface area (Å²) in [5.74, 6) is 0.283. The maximum Gasteiger partial charge on any atom is 0.417 e. The van der Waals surface area contributed by atoms with E-state index in [2.05, 4.69) is 10.3 Å². The molecule has 1 aromatic heterocycles. The van der Waals surface area contributed by atoms with E-state index in [1.807, 2.05) is 0 Å². The molecule has 1 aromatic rings. The Kier molecular flexibility index (Phi) is 5.71. The van der Waals surface area contributed by atoms with E-state index in [4.69, 9.17) is 16.3 Å². The summed E-state index contributed by atoms with van der Waals surface area (Å²) >= 11 is 5.99. The average molecular weight is 380 g/mol. The Bertz CT molecular complexity index is 632. The zero-order chi connectivity index (χ0) is 18.8. The van der Waals surface area contributed by atoms with E-state index in [0.29, 0.717) is 13.1 Å². The lowest BCUT2D eigenvalue weighted by Gasteiger charge is -2.34. The van der Waals surface area contributed by atoms with Gasteiger partial charge in [0.1, 0.15) is 11.4 Å². The van der Waals surface area contributed by atoms with Crippen molar-refractivity contribution < 1.29 is 22.7 Å². The van der Waals surface area contributed by atoms with Gasteiger partial charge in [0, 0.05) is 25.3 Å². The van der Waals surface area contributed by atoms with Gasteiger partial charge in [0.2, 0.25) is 0 Å². The molecule has 1 amide bonds. The van der Waals surface area contributed by atoms with Crippen LogP contribution >= 0.6 is 11.6 Å². The molecule has 0 spiro atoms. The summed E-state index contributed by atoms with van der Waals surface area (Å²) in [4.78, 5) is 17.5. The van der Waals surface area contributed by atoms with Crippen LogP contribution in [0.2, 0.25) is 5.02 Å². The highest BCUT2D eigenvalue weighted by Gasteiger charge is 2.32. The molecule has 25 heavy (non-hydrogen) atoms. The number of hydrogen-bond acceptors (Lipinski definition) is 4. The number of anilines is 1. The molecular formula is C16H21ClF3N3O2. The predicted molar refractivity (Wildman–Crippen MR) is 88.9 cm³/mol. The molecule has 1 fully saturated rings. The molecule has 0 aromatic carbocycles. The highest BCUT2D eigenvalue weighted by Crippen LogP contribution is 2.34. The molecular weight excluding hydrogens is 359 g/mol. The Morgan fingerprint density at radius 1 is 1.40 bits per heavy atom. The van der Waals surface area contributed by atoms with Gasteiger partial charge >= 0.3 is 12.3 Å². The largest absolute Gasteiger partial charge is 0.444 e. The molecule has 1 aliphatic rings. The van der Waals surface area contributed by atoms with Crippen LogP contribution in [-0.2, 0) is 10.9 Å². The summed E-state index contributed by atoms with van der Waals surface area (Å²) in [5, 5.41) is 2.71. The maximum atomic E-state index is 12.7. The molecule has 0 aliphatic carbocycles. The van der Waals surface area contributed by atoms with Gasteiger partial charge in [0.05, 0.1) is 10.6 Å². The number of piperidine rings is 1. The Morgan fingerprint density at radius 3 is 2.64 bits per heavy atom. The molecule has 5 nitrogen and oxygen atoms in total. The lowest BCUT2D eigenvalue weighted by molar-refractivity contribution is -0.137. The molecule has 2 heterocycles. The molecule has 1 atom stereocenters. The number of nitrogens with one attached hydrogen (secondary N) is 1. The molecule has 9 heteroatoms. The first-order chi connectivity index (χ1) is 11.5. The fourth-order valence-electron chi connectivity index (χ4n) is 2.58. The van der Waals surface area contributed by atoms with Gasteiger partial charge in [-0.3, -0.25) is 0 Å². The molecule has 0 saturated carbocycles. The summed E-state index contributed by atoms with van der Waals surface area (Å²) in [7, 11) is 0. The van der Waals surface area contributed by atoms with Crippen LogP contribution in [0.3, 0.4) is 0 Å². The molecule has 0 radical (unpaired) electrons. The van der Waals surface area contributed by atoms with Gasteiger partial charge < -0.3 is 15.0 Å². The fraction of sp³-hybridized carbons (Fsp3) is 0.625. The van der Waals surface area contributed by atoms with Crippen LogP contribution in [0, 0.1) is 0 Å². The molecule has 1 saturated heterocycles. The standard InChI is InChI=1S/C16H21ClF3N3O2/c1-15(2,3)25-14(24)22-11-5-4-6-23(9-11)13-12(17)7-10(8-21-13)16(18,19)20/h7-8,11H,4-6,9H2,1-3H3,(H,22,24). The van der Waals surface area contributed by atoms with Gasteiger partial charge in [0.15, 0.2) is 0 Å². The van der Waals surface area contributed by atoms with Crippen LogP contribution in [0.15, 0.2) is 12.3 Å². The zero-order valence-electron chi connectivity index (χ0n) is 14.3. The highest BCUT2D eigenvalue weighted by atomic mass is 35.5. The Labute approximate surface area is 149 Å². The lowest BCUT2D eigenvalue weighted by atomic mass is 10.1. The van der Waals surface area contributed by atoms with E-state index in [-0.39, 0.29) is 16.9 Å². The van der Waals surface area contributed by atoms with Gasteiger partial charge in [-0.15, -0.1) is 0 Å². The Hall–Kier alpha value is -1.70. The van der Waals surface area contributed by atoms with Crippen LogP contribution in [-0.4, -0.2) is 35.8 Å². The normalized spacial score (nSPS) is 18.8. The molecule has 1 aliphatic heterocycles. The molecule has 1 N–H and O–H groups in total. The second-order valence-electron chi connectivity index (χ2n) is 6.96. The number of halogens is 4. The minimum absolute atomic E-state index is 0.0623. The van der Waals surface area contributed by atoms with Crippen molar-refractivity contribution in [3.8, 4) is 0 Å². The van der Waals surface area contributed by atoms with Crippen molar-refractivity contribution in [1.82, 2.24) is 10.3 Å². The van der Waals surface area contributed by atoms with Gasteiger partial charge in [0.25, 0.3) is 0 Å². The monoisotopic (exact) mass is 379 g/mol. The number of nitrogens with zero attached hydrogens (tertiary/aromatic N) is 2. The van der Waals surface area contributed by atoms with E-state index in [1.54, 1.807) is 25.7 Å². The number of alkyl carbamates (subject to hydrolysis) is 1. The Morgan fingerprint density at radius 2 is 2.08 bits per heavy atom. The van der Waals surface area contributed by atoms with Crippen LogP contribution in [0.4, 0.5) is 23.8 Å². The van der Waals surface area contributed by atoms with Crippen LogP contribution in [0.1, 0.15) is 39.2 Å². The van der Waals surface area contributed by atoms with Crippen LogP contribution < -0.4 is 10.2 Å². The summed E-state index contributed by atoms with van der Waals surface area (Å²) < 4.78 is 43.3. The van der Waals surface area contributed by atoms with Crippen molar-refractivity contribution in [2.24, 2.45) is 0 Å². The molecule has 1 unspecified atom stereocenters. The summed E-state index contributed by atoms with van der Waals surface area (Å²) in [6, 6.07) is 0.679. The number of hydrogen-bond donors (Lipinski definition) is 1. The van der Waals surface area contributed by atoms with Crippen LogP contribution in [0.5, 0.6) is 0 Å². The minimum Gasteiger partial charge on any atom is -0.444 e. The fourth-order valence-corrected chi connectivity index (χ4v) is 2.87. The Balaban J connectivity index is 2.05. The lowest BCUT2D eigenvalue weighted by Crippen LogP contribution is -2.49. The second-order valence-corrected chi connectivity index (χ2v) is 7.37. The minimum atomic E-state index is -4.49. The zero-order valence-corrected chi connectivity index (χ0v) is 15.0. The predicted octanol–water partition coefficient (Wildman–Crippen LogP) is 4.25. The number of amides is 1. The van der Waals surface area contributed by atoms with Gasteiger partial charge in [-0.2, -0.15) is 13.2 Å². The summed E-state index contributed by atoms with van der Waals surface area (Å²) in [6.07, 6.45) is -2.75. The number of aromatic nitrogens is 1.